The number of aliphatic hydroxyl groups is 1. The van der Waals surface area contributed by atoms with Gasteiger partial charge in [0, 0.05) is 7.11 Å². The molecule has 0 saturated heterocycles. The Morgan fingerprint density at radius 1 is 1.09 bits per heavy atom. The molecular weight excluding hydrogens is 272 g/mol. The SMILES string of the molecule is COC1CC[C@@]2(C)C(=CC[C@@H]3[C@H]2CC[C@]2(C)C(O)CC[C@@H]32)C1. The van der Waals surface area contributed by atoms with Gasteiger partial charge in [-0.2, -0.15) is 0 Å². The summed E-state index contributed by atoms with van der Waals surface area (Å²) in [5.74, 6) is 2.40. The van der Waals surface area contributed by atoms with E-state index in [9.17, 15) is 5.11 Å². The maximum absolute atomic E-state index is 10.5. The van der Waals surface area contributed by atoms with E-state index in [1.54, 1.807) is 5.57 Å². The van der Waals surface area contributed by atoms with Gasteiger partial charge in [0.05, 0.1) is 12.2 Å². The van der Waals surface area contributed by atoms with Gasteiger partial charge in [-0.1, -0.05) is 25.5 Å². The number of ether oxygens (including phenoxy) is 1. The molecular formula is C20H32O2. The average molecular weight is 304 g/mol. The van der Waals surface area contributed by atoms with E-state index in [4.69, 9.17) is 4.74 Å². The third-order valence-electron chi connectivity index (χ3n) is 8.34. The summed E-state index contributed by atoms with van der Waals surface area (Å²) < 4.78 is 5.65. The van der Waals surface area contributed by atoms with Crippen LogP contribution in [0.1, 0.15) is 65.2 Å². The van der Waals surface area contributed by atoms with Crippen molar-refractivity contribution in [2.45, 2.75) is 77.4 Å². The first-order valence-electron chi connectivity index (χ1n) is 9.39. The van der Waals surface area contributed by atoms with Gasteiger partial charge in [0.25, 0.3) is 0 Å². The van der Waals surface area contributed by atoms with Gasteiger partial charge in [0.15, 0.2) is 0 Å². The summed E-state index contributed by atoms with van der Waals surface area (Å²) in [4.78, 5) is 0. The lowest BCUT2D eigenvalue weighted by atomic mass is 9.48. The largest absolute Gasteiger partial charge is 0.393 e. The zero-order chi connectivity index (χ0) is 15.5. The van der Waals surface area contributed by atoms with Gasteiger partial charge in [-0.3, -0.25) is 0 Å². The van der Waals surface area contributed by atoms with E-state index in [-0.39, 0.29) is 11.5 Å². The molecule has 0 aromatic rings. The Morgan fingerprint density at radius 2 is 1.91 bits per heavy atom. The number of hydrogen-bond donors (Lipinski definition) is 1. The minimum atomic E-state index is -0.0548. The monoisotopic (exact) mass is 304 g/mol. The van der Waals surface area contributed by atoms with Crippen molar-refractivity contribution in [1.82, 2.24) is 0 Å². The van der Waals surface area contributed by atoms with E-state index >= 15 is 0 Å². The molecule has 0 amide bonds. The summed E-state index contributed by atoms with van der Waals surface area (Å²) in [6.45, 7) is 4.91. The van der Waals surface area contributed by atoms with Crippen molar-refractivity contribution in [1.29, 1.82) is 0 Å². The van der Waals surface area contributed by atoms with E-state index in [1.165, 1.54) is 38.5 Å². The number of fused-ring (bicyclic) bond motifs is 5. The van der Waals surface area contributed by atoms with Crippen molar-refractivity contribution >= 4 is 0 Å². The Hall–Kier alpha value is -0.340. The third kappa shape index (κ3) is 1.92. The fourth-order valence-electron chi connectivity index (χ4n) is 6.80. The van der Waals surface area contributed by atoms with Gasteiger partial charge in [-0.25, -0.2) is 0 Å². The van der Waals surface area contributed by atoms with Crippen LogP contribution in [-0.4, -0.2) is 24.4 Å². The molecule has 4 aliphatic carbocycles. The lowest BCUT2D eigenvalue weighted by molar-refractivity contribution is -0.0731. The van der Waals surface area contributed by atoms with Gasteiger partial charge in [0.1, 0.15) is 0 Å². The number of aliphatic hydroxyl groups excluding tert-OH is 1. The maximum atomic E-state index is 10.5. The molecule has 2 nitrogen and oxygen atoms in total. The number of allylic oxidation sites excluding steroid dienone is 1. The highest BCUT2D eigenvalue weighted by Crippen LogP contribution is 2.64. The second-order valence-electron chi connectivity index (χ2n) is 9.00. The second-order valence-corrected chi connectivity index (χ2v) is 9.00. The molecule has 3 fully saturated rings. The Kier molecular flexibility index (Phi) is 3.51. The number of methoxy groups -OCH3 is 1. The van der Waals surface area contributed by atoms with Crippen LogP contribution in [0.2, 0.25) is 0 Å². The van der Waals surface area contributed by atoms with Gasteiger partial charge in [0.2, 0.25) is 0 Å². The Labute approximate surface area is 135 Å². The lowest BCUT2D eigenvalue weighted by Crippen LogP contribution is -2.51. The first kappa shape index (κ1) is 15.2. The molecule has 124 valence electrons. The standard InChI is InChI=1S/C20H32O2/c1-19-10-8-14(22-3)12-13(19)4-5-15-16-6-7-18(21)20(16,2)11-9-17(15)19/h4,14-18,21H,5-12H2,1-3H3/t14?,15-,16-,17+,18?,19-,20-/m0/s1. The second kappa shape index (κ2) is 5.08. The highest BCUT2D eigenvalue weighted by atomic mass is 16.5. The zero-order valence-corrected chi connectivity index (χ0v) is 14.5. The molecule has 7 atom stereocenters. The zero-order valence-electron chi connectivity index (χ0n) is 14.5. The molecule has 0 heterocycles. The first-order valence-corrected chi connectivity index (χ1v) is 9.39. The van der Waals surface area contributed by atoms with Crippen molar-refractivity contribution in [3.05, 3.63) is 11.6 Å². The molecule has 0 aromatic heterocycles. The summed E-state index contributed by atoms with van der Waals surface area (Å²) >= 11 is 0. The summed E-state index contributed by atoms with van der Waals surface area (Å²) in [6, 6.07) is 0. The minimum absolute atomic E-state index is 0.0548. The third-order valence-corrected chi connectivity index (χ3v) is 8.34. The van der Waals surface area contributed by atoms with E-state index < -0.39 is 0 Å². The molecule has 3 saturated carbocycles. The van der Waals surface area contributed by atoms with Crippen LogP contribution < -0.4 is 0 Å². The van der Waals surface area contributed by atoms with Crippen LogP contribution in [0, 0.1) is 28.6 Å². The highest BCUT2D eigenvalue weighted by molar-refractivity contribution is 5.25. The molecule has 22 heavy (non-hydrogen) atoms. The quantitative estimate of drug-likeness (QED) is 0.731. The highest BCUT2D eigenvalue weighted by Gasteiger charge is 2.58. The molecule has 0 aliphatic heterocycles. The number of rotatable bonds is 1. The van der Waals surface area contributed by atoms with Gasteiger partial charge >= 0.3 is 0 Å². The summed E-state index contributed by atoms with van der Waals surface area (Å²) in [5, 5.41) is 10.5. The van der Waals surface area contributed by atoms with Crippen LogP contribution in [0.25, 0.3) is 0 Å². The fraction of sp³-hybridized carbons (Fsp3) is 0.900. The van der Waals surface area contributed by atoms with E-state index in [0.29, 0.717) is 11.5 Å². The van der Waals surface area contributed by atoms with E-state index in [2.05, 4.69) is 19.9 Å². The molecule has 0 bridgehead atoms. The van der Waals surface area contributed by atoms with E-state index in [1.807, 2.05) is 7.11 Å². The van der Waals surface area contributed by atoms with Crippen molar-refractivity contribution in [2.24, 2.45) is 28.6 Å². The van der Waals surface area contributed by atoms with Gasteiger partial charge < -0.3 is 9.84 Å². The van der Waals surface area contributed by atoms with E-state index in [0.717, 1.165) is 30.6 Å². The maximum Gasteiger partial charge on any atom is 0.0608 e. The van der Waals surface area contributed by atoms with Gasteiger partial charge in [-0.05, 0) is 80.0 Å². The van der Waals surface area contributed by atoms with Gasteiger partial charge in [-0.15, -0.1) is 0 Å². The molecule has 2 unspecified atom stereocenters. The average Bonchev–Trinajstić information content (AvgIpc) is 2.82. The van der Waals surface area contributed by atoms with Crippen molar-refractivity contribution in [2.75, 3.05) is 7.11 Å². The predicted molar refractivity (Wildman–Crippen MR) is 88.5 cm³/mol. The summed E-state index contributed by atoms with van der Waals surface area (Å²) in [6.07, 6.45) is 12.7. The Bertz CT molecular complexity index is 484. The first-order chi connectivity index (χ1) is 10.5. The minimum Gasteiger partial charge on any atom is -0.393 e. The molecule has 0 aromatic carbocycles. The molecule has 2 heteroatoms. The molecule has 1 N–H and O–H groups in total. The predicted octanol–water partition coefficient (Wildman–Crippen LogP) is 4.33. The molecule has 0 radical (unpaired) electrons. The molecule has 4 aliphatic rings. The Morgan fingerprint density at radius 3 is 2.68 bits per heavy atom. The number of hydrogen-bond acceptors (Lipinski definition) is 2. The van der Waals surface area contributed by atoms with Crippen LogP contribution in [0.5, 0.6) is 0 Å². The Balaban J connectivity index is 1.64. The van der Waals surface area contributed by atoms with Crippen LogP contribution in [0.4, 0.5) is 0 Å². The summed E-state index contributed by atoms with van der Waals surface area (Å²) in [7, 11) is 1.87. The summed E-state index contributed by atoms with van der Waals surface area (Å²) in [5.41, 5.74) is 2.30. The van der Waals surface area contributed by atoms with Crippen molar-refractivity contribution in [3.8, 4) is 0 Å². The normalized spacial score (nSPS) is 54.2. The van der Waals surface area contributed by atoms with Crippen LogP contribution >= 0.6 is 0 Å². The van der Waals surface area contributed by atoms with Crippen molar-refractivity contribution < 1.29 is 9.84 Å². The van der Waals surface area contributed by atoms with Crippen molar-refractivity contribution in [3.63, 3.8) is 0 Å². The topological polar surface area (TPSA) is 29.5 Å². The van der Waals surface area contributed by atoms with Crippen LogP contribution in [-0.2, 0) is 4.74 Å². The van der Waals surface area contributed by atoms with Crippen LogP contribution in [0.15, 0.2) is 11.6 Å². The van der Waals surface area contributed by atoms with Crippen LogP contribution in [0.3, 0.4) is 0 Å². The smallest absolute Gasteiger partial charge is 0.0608 e. The lowest BCUT2D eigenvalue weighted by Gasteiger charge is -2.57. The molecule has 0 spiro atoms. The fourth-order valence-corrected chi connectivity index (χ4v) is 6.80. The molecule has 4 rings (SSSR count).